The summed E-state index contributed by atoms with van der Waals surface area (Å²) in [7, 11) is 3.48. The molecule has 0 radical (unpaired) electrons. The molecule has 0 fully saturated rings. The monoisotopic (exact) mass is 313 g/mol. The highest BCUT2D eigenvalue weighted by atomic mass is 32.1. The standard InChI is InChI=1S/C16H15N3O2S/c1-19-12-5-3-4-6-15(12)22-16(19)18-17-10-11-7-8-13(20)14(9-11)21-2/h3-10,20H,1-2H3/b17-10+,18-16?. The lowest BCUT2D eigenvalue weighted by Crippen LogP contribution is -2.08. The first-order valence-electron chi connectivity index (χ1n) is 6.67. The molecule has 0 atom stereocenters. The molecule has 0 amide bonds. The number of thiazole rings is 1. The van der Waals surface area contributed by atoms with E-state index in [2.05, 4.69) is 22.3 Å². The van der Waals surface area contributed by atoms with Gasteiger partial charge in [-0.25, -0.2) is 0 Å². The Labute approximate surface area is 131 Å². The molecule has 0 bridgehead atoms. The van der Waals surface area contributed by atoms with E-state index >= 15 is 0 Å². The van der Waals surface area contributed by atoms with Crippen molar-refractivity contribution in [3.8, 4) is 11.5 Å². The van der Waals surface area contributed by atoms with Crippen LogP contribution in [0.25, 0.3) is 10.2 Å². The van der Waals surface area contributed by atoms with Crippen LogP contribution in [-0.2, 0) is 7.05 Å². The van der Waals surface area contributed by atoms with Gasteiger partial charge in [-0.1, -0.05) is 23.5 Å². The average Bonchev–Trinajstić information content (AvgIpc) is 2.86. The molecule has 0 saturated heterocycles. The second-order valence-electron chi connectivity index (χ2n) is 4.69. The van der Waals surface area contributed by atoms with E-state index < -0.39 is 0 Å². The number of aromatic nitrogens is 1. The van der Waals surface area contributed by atoms with Crippen LogP contribution in [0.15, 0.2) is 52.7 Å². The molecule has 112 valence electrons. The Morgan fingerprint density at radius 1 is 1.23 bits per heavy atom. The zero-order valence-corrected chi connectivity index (χ0v) is 13.0. The molecule has 22 heavy (non-hydrogen) atoms. The Hall–Kier alpha value is -2.60. The van der Waals surface area contributed by atoms with Gasteiger partial charge in [-0.15, -0.1) is 5.10 Å². The maximum Gasteiger partial charge on any atom is 0.211 e. The van der Waals surface area contributed by atoms with Crippen molar-refractivity contribution in [3.05, 3.63) is 52.8 Å². The normalized spacial score (nSPS) is 12.4. The van der Waals surface area contributed by atoms with Crippen molar-refractivity contribution in [1.29, 1.82) is 0 Å². The summed E-state index contributed by atoms with van der Waals surface area (Å²) in [5.41, 5.74) is 1.94. The summed E-state index contributed by atoms with van der Waals surface area (Å²) in [6.07, 6.45) is 1.63. The maximum atomic E-state index is 9.56. The Bertz CT molecular complexity index is 909. The molecule has 0 spiro atoms. The number of para-hydroxylation sites is 1. The van der Waals surface area contributed by atoms with E-state index in [1.54, 1.807) is 35.8 Å². The predicted molar refractivity (Wildman–Crippen MR) is 88.6 cm³/mol. The summed E-state index contributed by atoms with van der Waals surface area (Å²) in [6, 6.07) is 13.2. The number of phenols is 1. The molecule has 6 heteroatoms. The highest BCUT2D eigenvalue weighted by Crippen LogP contribution is 2.25. The summed E-state index contributed by atoms with van der Waals surface area (Å²) in [4.78, 5) is 0.822. The van der Waals surface area contributed by atoms with E-state index in [1.807, 2.05) is 23.7 Å². The van der Waals surface area contributed by atoms with Gasteiger partial charge < -0.3 is 14.4 Å². The number of aryl methyl sites for hydroxylation is 1. The molecule has 0 aliphatic rings. The van der Waals surface area contributed by atoms with Gasteiger partial charge in [-0.2, -0.15) is 5.10 Å². The zero-order chi connectivity index (χ0) is 15.5. The van der Waals surface area contributed by atoms with Gasteiger partial charge in [0.25, 0.3) is 0 Å². The van der Waals surface area contributed by atoms with Crippen LogP contribution in [0.4, 0.5) is 0 Å². The topological polar surface area (TPSA) is 59.1 Å². The van der Waals surface area contributed by atoms with Crippen molar-refractivity contribution in [2.45, 2.75) is 0 Å². The third kappa shape index (κ3) is 2.73. The lowest BCUT2D eigenvalue weighted by molar-refractivity contribution is 0.373. The zero-order valence-electron chi connectivity index (χ0n) is 12.2. The molecule has 0 aliphatic carbocycles. The third-order valence-corrected chi connectivity index (χ3v) is 4.37. The Morgan fingerprint density at radius 3 is 2.82 bits per heavy atom. The van der Waals surface area contributed by atoms with E-state index in [0.717, 1.165) is 15.9 Å². The quantitative estimate of drug-likeness (QED) is 0.597. The number of phenolic OH excluding ortho intramolecular Hbond substituents is 1. The van der Waals surface area contributed by atoms with Gasteiger partial charge in [0.15, 0.2) is 11.5 Å². The summed E-state index contributed by atoms with van der Waals surface area (Å²) in [5, 5.41) is 18.0. The van der Waals surface area contributed by atoms with E-state index in [4.69, 9.17) is 4.74 Å². The van der Waals surface area contributed by atoms with Crippen LogP contribution in [0.1, 0.15) is 5.56 Å². The lowest BCUT2D eigenvalue weighted by Gasteiger charge is -2.02. The number of hydrogen-bond donors (Lipinski definition) is 1. The molecule has 2 aromatic carbocycles. The fourth-order valence-corrected chi connectivity index (χ4v) is 3.07. The van der Waals surface area contributed by atoms with Crippen molar-refractivity contribution in [1.82, 2.24) is 4.57 Å². The van der Waals surface area contributed by atoms with E-state index in [9.17, 15) is 5.11 Å². The van der Waals surface area contributed by atoms with Crippen molar-refractivity contribution < 1.29 is 9.84 Å². The summed E-state index contributed by atoms with van der Waals surface area (Å²) in [5.74, 6) is 0.517. The van der Waals surface area contributed by atoms with Crippen LogP contribution in [0.2, 0.25) is 0 Å². The van der Waals surface area contributed by atoms with Gasteiger partial charge >= 0.3 is 0 Å². The second kappa shape index (κ2) is 6.03. The van der Waals surface area contributed by atoms with Crippen LogP contribution >= 0.6 is 11.3 Å². The first-order valence-corrected chi connectivity index (χ1v) is 7.49. The van der Waals surface area contributed by atoms with Gasteiger partial charge in [-0.05, 0) is 35.9 Å². The van der Waals surface area contributed by atoms with Crippen molar-refractivity contribution >= 4 is 27.8 Å². The Balaban J connectivity index is 1.93. The van der Waals surface area contributed by atoms with Crippen LogP contribution in [-0.4, -0.2) is 23.0 Å². The molecular weight excluding hydrogens is 298 g/mol. The fraction of sp³-hybridized carbons (Fsp3) is 0.125. The van der Waals surface area contributed by atoms with Gasteiger partial charge in [0.2, 0.25) is 4.80 Å². The molecule has 3 rings (SSSR count). The number of hydrogen-bond acceptors (Lipinski definition) is 5. The number of methoxy groups -OCH3 is 1. The van der Waals surface area contributed by atoms with Crippen molar-refractivity contribution in [2.75, 3.05) is 7.11 Å². The van der Waals surface area contributed by atoms with E-state index in [0.29, 0.717) is 5.75 Å². The summed E-state index contributed by atoms with van der Waals surface area (Å²) >= 11 is 1.59. The Kier molecular flexibility index (Phi) is 3.93. The third-order valence-electron chi connectivity index (χ3n) is 3.27. The minimum atomic E-state index is 0.104. The lowest BCUT2D eigenvalue weighted by atomic mass is 10.2. The average molecular weight is 313 g/mol. The number of ether oxygens (including phenoxy) is 1. The highest BCUT2D eigenvalue weighted by molar-refractivity contribution is 7.16. The van der Waals surface area contributed by atoms with Crippen molar-refractivity contribution in [2.24, 2.45) is 17.3 Å². The van der Waals surface area contributed by atoms with Crippen molar-refractivity contribution in [3.63, 3.8) is 0 Å². The van der Waals surface area contributed by atoms with E-state index in [1.165, 1.54) is 11.8 Å². The second-order valence-corrected chi connectivity index (χ2v) is 5.70. The molecule has 1 aromatic heterocycles. The SMILES string of the molecule is COc1cc(/C=N/N=c2sc3ccccc3n2C)ccc1O. The molecule has 1 N–H and O–H groups in total. The first-order chi connectivity index (χ1) is 10.7. The summed E-state index contributed by atoms with van der Waals surface area (Å²) < 4.78 is 8.25. The molecule has 0 aliphatic heterocycles. The molecule has 5 nitrogen and oxygen atoms in total. The summed E-state index contributed by atoms with van der Waals surface area (Å²) in [6.45, 7) is 0. The predicted octanol–water partition coefficient (Wildman–Crippen LogP) is 2.89. The first kappa shape index (κ1) is 14.3. The van der Waals surface area contributed by atoms with Crippen LogP contribution < -0.4 is 9.54 Å². The largest absolute Gasteiger partial charge is 0.504 e. The van der Waals surface area contributed by atoms with Gasteiger partial charge in [0.05, 0.1) is 23.5 Å². The minimum Gasteiger partial charge on any atom is -0.504 e. The molecule has 3 aromatic rings. The van der Waals surface area contributed by atoms with Crippen LogP contribution in [0.3, 0.4) is 0 Å². The van der Waals surface area contributed by atoms with Crippen LogP contribution in [0.5, 0.6) is 11.5 Å². The smallest absolute Gasteiger partial charge is 0.211 e. The molecule has 0 saturated carbocycles. The molecule has 1 heterocycles. The van der Waals surface area contributed by atoms with E-state index in [-0.39, 0.29) is 5.75 Å². The van der Waals surface area contributed by atoms with Crippen LogP contribution in [0, 0.1) is 0 Å². The maximum absolute atomic E-state index is 9.56. The number of fused-ring (bicyclic) bond motifs is 1. The number of nitrogens with zero attached hydrogens (tertiary/aromatic N) is 3. The molecule has 0 unspecified atom stereocenters. The fourth-order valence-electron chi connectivity index (χ4n) is 2.10. The Morgan fingerprint density at radius 2 is 2.05 bits per heavy atom. The molecular formula is C16H15N3O2S. The number of rotatable bonds is 3. The number of aromatic hydroxyl groups is 1. The number of benzene rings is 2. The van der Waals surface area contributed by atoms with Gasteiger partial charge in [-0.3, -0.25) is 0 Å². The highest BCUT2D eigenvalue weighted by Gasteiger charge is 2.02. The van der Waals surface area contributed by atoms with Gasteiger partial charge in [0.1, 0.15) is 0 Å². The van der Waals surface area contributed by atoms with Gasteiger partial charge in [0, 0.05) is 7.05 Å². The minimum absolute atomic E-state index is 0.104.